The Kier molecular flexibility index (Phi) is 12.5. The molecule has 0 amide bonds. The predicted molar refractivity (Wildman–Crippen MR) is 155 cm³/mol. The Hall–Kier alpha value is -2.64. The minimum atomic E-state index is -1.08. The molecule has 3 rings (SSSR count). The predicted octanol–water partition coefficient (Wildman–Crippen LogP) is 5.91. The average Bonchev–Trinajstić information content (AvgIpc) is 2.78. The van der Waals surface area contributed by atoms with Crippen LogP contribution in [0.1, 0.15) is 108 Å². The van der Waals surface area contributed by atoms with Crippen LogP contribution < -0.4 is 5.11 Å². The monoisotopic (exact) mass is 580 g/mol. The molecule has 2 aromatic carbocycles. The van der Waals surface area contributed by atoms with Crippen LogP contribution in [0.3, 0.4) is 0 Å². The molecule has 0 unspecified atom stereocenters. The van der Waals surface area contributed by atoms with E-state index in [1.807, 2.05) is 24.6 Å². The summed E-state index contributed by atoms with van der Waals surface area (Å²) in [6.45, 7) is 17.8. The number of aromatic hydroxyl groups is 2. The van der Waals surface area contributed by atoms with Crippen molar-refractivity contribution in [1.82, 2.24) is 0 Å². The third kappa shape index (κ3) is 10.1. The van der Waals surface area contributed by atoms with Crippen molar-refractivity contribution < 1.29 is 36.9 Å². The molecule has 7 heteroatoms. The molecule has 6 nitrogen and oxygen atoms in total. The molecule has 0 bridgehead atoms. The summed E-state index contributed by atoms with van der Waals surface area (Å²) in [5.74, 6) is -0.450. The maximum Gasteiger partial charge on any atom is 0.128 e. The van der Waals surface area contributed by atoms with Crippen molar-refractivity contribution in [2.75, 3.05) is 0 Å². The molecule has 2 N–H and O–H groups in total. The number of carboxylic acids is 1. The van der Waals surface area contributed by atoms with Crippen molar-refractivity contribution >= 4 is 18.4 Å². The standard InChI is InChI=1S/C30H42N2O2.C2H4O2.Co/c1-19-13-21(27(33)23(15-19)29(3,4)5)17-31-25-11-9-10-12-26(25)32-18-22-14-20(2)16-24(28(22)34)30(6,7)8;1-2(3)4;/h13-18,25-26,33-34H,9-12H2,1-8H3;1H3,(H,3,4);/p-1/t25-,26-;;/m1../s1. The average molecular weight is 581 g/mol. The van der Waals surface area contributed by atoms with Crippen molar-refractivity contribution in [2.24, 2.45) is 9.98 Å². The largest absolute Gasteiger partial charge is 0.550 e. The Morgan fingerprint density at radius 3 is 1.38 bits per heavy atom. The maximum absolute atomic E-state index is 10.9. The van der Waals surface area contributed by atoms with Gasteiger partial charge in [0.2, 0.25) is 0 Å². The molecule has 2 aromatic rings. The first-order valence-corrected chi connectivity index (χ1v) is 13.4. The van der Waals surface area contributed by atoms with Gasteiger partial charge in [0.05, 0.1) is 12.1 Å². The number of rotatable bonds is 4. The van der Waals surface area contributed by atoms with Gasteiger partial charge in [0.15, 0.2) is 0 Å². The van der Waals surface area contributed by atoms with Gasteiger partial charge < -0.3 is 20.1 Å². The molecule has 1 fully saturated rings. The Bertz CT molecular complexity index is 1100. The van der Waals surface area contributed by atoms with Crippen LogP contribution in [0.25, 0.3) is 0 Å². The molecule has 0 spiro atoms. The normalized spacial score (nSPS) is 18.0. The fourth-order valence-corrected chi connectivity index (χ4v) is 4.75. The zero-order chi connectivity index (χ0) is 28.8. The van der Waals surface area contributed by atoms with E-state index in [1.54, 1.807) is 0 Å². The number of benzene rings is 2. The molecule has 39 heavy (non-hydrogen) atoms. The fraction of sp³-hybridized carbons (Fsp3) is 0.531. The number of carbonyl (C=O) groups excluding carboxylic acids is 1. The topological polar surface area (TPSA) is 105 Å². The first-order valence-electron chi connectivity index (χ1n) is 13.4. The molecule has 1 aliphatic rings. The maximum atomic E-state index is 10.9. The minimum Gasteiger partial charge on any atom is -0.550 e. The van der Waals surface area contributed by atoms with Crippen molar-refractivity contribution in [3.8, 4) is 11.5 Å². The molecular weight excluding hydrogens is 535 g/mol. The van der Waals surface area contributed by atoms with E-state index in [1.165, 1.54) is 0 Å². The SMILES string of the molecule is CC(=O)[O-].Cc1cc(C=N[C@@H]2CCCC[C@H]2N=Cc2cc(C)cc(C(C)(C)C)c2O)c(O)c(C(C)(C)C)c1.[Co]. The van der Waals surface area contributed by atoms with Crippen LogP contribution in [-0.4, -0.2) is 40.7 Å². The van der Waals surface area contributed by atoms with Crippen LogP contribution in [0.5, 0.6) is 11.5 Å². The second-order valence-electron chi connectivity index (χ2n) is 12.5. The molecule has 0 aromatic heterocycles. The number of phenolic OH excluding ortho intramolecular Hbond substituents is 2. The molecule has 217 valence electrons. The Morgan fingerprint density at radius 2 is 1.10 bits per heavy atom. The summed E-state index contributed by atoms with van der Waals surface area (Å²) in [7, 11) is 0. The number of carbonyl (C=O) groups is 1. The van der Waals surface area contributed by atoms with E-state index < -0.39 is 5.97 Å². The summed E-state index contributed by atoms with van der Waals surface area (Å²) in [6, 6.07) is 8.23. The van der Waals surface area contributed by atoms with Crippen molar-refractivity contribution in [3.05, 3.63) is 57.6 Å². The van der Waals surface area contributed by atoms with E-state index in [4.69, 9.17) is 19.9 Å². The van der Waals surface area contributed by atoms with E-state index >= 15 is 0 Å². The van der Waals surface area contributed by atoms with Gasteiger partial charge in [-0.3, -0.25) is 9.98 Å². The number of aryl methyl sites for hydroxylation is 2. The molecule has 0 heterocycles. The van der Waals surface area contributed by atoms with Crippen molar-refractivity contribution in [1.29, 1.82) is 0 Å². The second kappa shape index (κ2) is 14.1. The van der Waals surface area contributed by atoms with Crippen LogP contribution in [-0.2, 0) is 32.4 Å². The van der Waals surface area contributed by atoms with Crippen molar-refractivity contribution in [2.45, 2.75) is 111 Å². The van der Waals surface area contributed by atoms with Gasteiger partial charge in [-0.25, -0.2) is 0 Å². The van der Waals surface area contributed by atoms with Gasteiger partial charge in [-0.2, -0.15) is 0 Å². The number of phenols is 2. The summed E-state index contributed by atoms with van der Waals surface area (Å²) in [5, 5.41) is 30.7. The van der Waals surface area contributed by atoms with Crippen LogP contribution in [0.15, 0.2) is 34.3 Å². The van der Waals surface area contributed by atoms with Gasteiger partial charge >= 0.3 is 0 Å². The van der Waals surface area contributed by atoms with Gasteiger partial charge in [0, 0.05) is 57.4 Å². The first-order chi connectivity index (χ1) is 17.5. The molecular formula is C32H45CoN2O4-. The minimum absolute atomic E-state index is 0. The van der Waals surface area contributed by atoms with Gasteiger partial charge in [0.1, 0.15) is 11.5 Å². The number of hydrogen-bond donors (Lipinski definition) is 2. The van der Waals surface area contributed by atoms with Crippen LogP contribution in [0.4, 0.5) is 0 Å². The summed E-state index contributed by atoms with van der Waals surface area (Å²) < 4.78 is 0. The Balaban J connectivity index is 0.00000142. The third-order valence-corrected chi connectivity index (χ3v) is 6.69. The number of carboxylic acid groups (broad SMARTS) is 1. The zero-order valence-corrected chi connectivity index (χ0v) is 25.9. The molecule has 1 saturated carbocycles. The number of aliphatic imine (C=N–C) groups is 2. The van der Waals surface area contributed by atoms with Gasteiger partial charge in [-0.15, -0.1) is 0 Å². The smallest absolute Gasteiger partial charge is 0.128 e. The molecule has 0 saturated heterocycles. The van der Waals surface area contributed by atoms with E-state index in [2.05, 4.69) is 67.5 Å². The summed E-state index contributed by atoms with van der Waals surface area (Å²) in [4.78, 5) is 18.7. The second-order valence-corrected chi connectivity index (χ2v) is 12.5. The molecule has 1 aliphatic carbocycles. The van der Waals surface area contributed by atoms with Crippen LogP contribution in [0.2, 0.25) is 0 Å². The number of nitrogens with zero attached hydrogens (tertiary/aromatic N) is 2. The fourth-order valence-electron chi connectivity index (χ4n) is 4.75. The summed E-state index contributed by atoms with van der Waals surface area (Å²) in [6.07, 6.45) is 7.88. The van der Waals surface area contributed by atoms with Crippen LogP contribution >= 0.6 is 0 Å². The van der Waals surface area contributed by atoms with Crippen molar-refractivity contribution in [3.63, 3.8) is 0 Å². The van der Waals surface area contributed by atoms with Crippen LogP contribution in [0, 0.1) is 13.8 Å². The summed E-state index contributed by atoms with van der Waals surface area (Å²) >= 11 is 0. The van der Waals surface area contributed by atoms with Gasteiger partial charge in [-0.1, -0.05) is 66.5 Å². The first kappa shape index (κ1) is 34.4. The number of hydrogen-bond acceptors (Lipinski definition) is 6. The van der Waals surface area contributed by atoms with E-state index in [0.29, 0.717) is 11.5 Å². The Labute approximate surface area is 244 Å². The quantitative estimate of drug-likeness (QED) is 0.439. The Morgan fingerprint density at radius 1 is 0.795 bits per heavy atom. The molecule has 1 radical (unpaired) electrons. The summed E-state index contributed by atoms with van der Waals surface area (Å²) in [5.41, 5.74) is 5.37. The van der Waals surface area contributed by atoms with E-state index in [-0.39, 0.29) is 39.7 Å². The van der Waals surface area contributed by atoms with E-state index in [0.717, 1.165) is 66.0 Å². The molecule has 2 atom stereocenters. The third-order valence-electron chi connectivity index (χ3n) is 6.69. The number of aliphatic carboxylic acids is 1. The van der Waals surface area contributed by atoms with E-state index in [9.17, 15) is 10.2 Å². The van der Waals surface area contributed by atoms with Gasteiger partial charge in [0.25, 0.3) is 0 Å². The molecule has 0 aliphatic heterocycles. The zero-order valence-electron chi connectivity index (χ0n) is 24.9. The van der Waals surface area contributed by atoms with Gasteiger partial charge in [-0.05, 0) is 67.7 Å².